The van der Waals surface area contributed by atoms with Crippen molar-refractivity contribution in [1.29, 1.82) is 0 Å². The minimum Gasteiger partial charge on any atom is -0.393 e. The third-order valence-electron chi connectivity index (χ3n) is 2.53. The summed E-state index contributed by atoms with van der Waals surface area (Å²) in [7, 11) is -4.64. The van der Waals surface area contributed by atoms with Gasteiger partial charge in [0.2, 0.25) is 0 Å². The van der Waals surface area contributed by atoms with Crippen molar-refractivity contribution in [2.45, 2.75) is 77.7 Å². The van der Waals surface area contributed by atoms with E-state index < -0.39 is 7.82 Å². The molecule has 1 atom stereocenters. The Morgan fingerprint density at radius 1 is 0.842 bits per heavy atom. The molecule has 4 N–H and O–H groups in total. The van der Waals surface area contributed by atoms with Gasteiger partial charge in [-0.15, -0.1) is 0 Å². The van der Waals surface area contributed by atoms with E-state index in [0.717, 1.165) is 12.8 Å². The van der Waals surface area contributed by atoms with Crippen LogP contribution in [0.5, 0.6) is 0 Å². The summed E-state index contributed by atoms with van der Waals surface area (Å²) in [6.45, 7) is 4.41. The van der Waals surface area contributed by atoms with Crippen molar-refractivity contribution in [3.8, 4) is 0 Å². The Kier molecular flexibility index (Phi) is 21.8. The molecule has 0 aliphatic carbocycles. The third kappa shape index (κ3) is 38.1. The van der Waals surface area contributed by atoms with Gasteiger partial charge in [0, 0.05) is 19.5 Å². The summed E-state index contributed by atoms with van der Waals surface area (Å²) < 4.78 is 8.88. The minimum absolute atomic E-state index is 0. The molecule has 0 spiro atoms. The molecule has 0 saturated heterocycles. The van der Waals surface area contributed by atoms with Crippen molar-refractivity contribution in [2.24, 2.45) is 0 Å². The maximum absolute atomic E-state index is 9.54. The first-order valence-corrected chi connectivity index (χ1v) is 8.34. The Hall–Kier alpha value is 0.693. The Labute approximate surface area is 129 Å². The number of hydrogen-bond donors (Lipinski definition) is 4. The summed E-state index contributed by atoms with van der Waals surface area (Å²) >= 11 is 0. The van der Waals surface area contributed by atoms with Gasteiger partial charge < -0.3 is 19.8 Å². The predicted molar refractivity (Wildman–Crippen MR) is 73.2 cm³/mol. The number of aliphatic hydroxyl groups excluding tert-OH is 1. The van der Waals surface area contributed by atoms with Crippen molar-refractivity contribution in [2.75, 3.05) is 0 Å². The summed E-state index contributed by atoms with van der Waals surface area (Å²) in [5, 5.41) is 9.54. The van der Waals surface area contributed by atoms with Gasteiger partial charge in [0.05, 0.1) is 6.10 Å². The summed E-state index contributed by atoms with van der Waals surface area (Å²) in [5.41, 5.74) is 0. The summed E-state index contributed by atoms with van der Waals surface area (Å²) in [6, 6.07) is 0. The second kappa shape index (κ2) is 16.7. The molecule has 0 radical (unpaired) electrons. The van der Waals surface area contributed by atoms with Crippen LogP contribution in [0.15, 0.2) is 0 Å². The van der Waals surface area contributed by atoms with E-state index in [2.05, 4.69) is 13.8 Å². The molecule has 1 unspecified atom stereocenters. The third-order valence-corrected chi connectivity index (χ3v) is 2.53. The standard InChI is InChI=1S/C12H26O.H3O4P.Zn/c1-3-5-7-8-9-11-12(13)10-6-4-2;1-5(2,3)4;/h12-13H,3-11H2,1-2H3;(H3,1,2,3,4);. The van der Waals surface area contributed by atoms with Crippen LogP contribution in [0.25, 0.3) is 0 Å². The molecule has 0 aromatic heterocycles. The molecule has 0 fully saturated rings. The fourth-order valence-corrected chi connectivity index (χ4v) is 1.57. The maximum atomic E-state index is 9.54. The average Bonchev–Trinajstić information content (AvgIpc) is 2.24. The molecule has 114 valence electrons. The van der Waals surface area contributed by atoms with Crippen molar-refractivity contribution in [1.82, 2.24) is 0 Å². The Morgan fingerprint density at radius 2 is 1.21 bits per heavy atom. The van der Waals surface area contributed by atoms with Crippen molar-refractivity contribution in [3.63, 3.8) is 0 Å². The number of unbranched alkanes of at least 4 members (excludes halogenated alkanes) is 5. The second-order valence-electron chi connectivity index (χ2n) is 4.51. The molecule has 19 heavy (non-hydrogen) atoms. The van der Waals surface area contributed by atoms with E-state index in [9.17, 15) is 5.11 Å². The van der Waals surface area contributed by atoms with Gasteiger partial charge in [-0.05, 0) is 12.8 Å². The molecule has 0 aromatic carbocycles. The number of hydrogen-bond acceptors (Lipinski definition) is 2. The van der Waals surface area contributed by atoms with E-state index in [0.29, 0.717) is 0 Å². The molecule has 7 heteroatoms. The molecule has 0 bridgehead atoms. The zero-order chi connectivity index (χ0) is 14.4. The molecular formula is C12H29O5PZn. The minimum atomic E-state index is -4.64. The molecule has 0 aliphatic rings. The van der Waals surface area contributed by atoms with Crippen LogP contribution in [0.2, 0.25) is 0 Å². The van der Waals surface area contributed by atoms with Crippen LogP contribution >= 0.6 is 7.82 Å². The first-order chi connectivity index (χ1) is 8.31. The molecule has 0 aromatic rings. The van der Waals surface area contributed by atoms with E-state index in [-0.39, 0.29) is 25.6 Å². The first kappa shape index (κ1) is 24.7. The van der Waals surface area contributed by atoms with Crippen LogP contribution in [0.1, 0.15) is 71.6 Å². The zero-order valence-electron chi connectivity index (χ0n) is 12.3. The Balaban J connectivity index is -0.000000366. The molecular weight excluding hydrogens is 320 g/mol. The second-order valence-corrected chi connectivity index (χ2v) is 5.54. The molecule has 0 rings (SSSR count). The van der Waals surface area contributed by atoms with E-state index in [1.165, 1.54) is 44.9 Å². The van der Waals surface area contributed by atoms with E-state index >= 15 is 0 Å². The number of aliphatic hydroxyl groups is 1. The first-order valence-electron chi connectivity index (χ1n) is 6.77. The molecule has 0 saturated carbocycles. The van der Waals surface area contributed by atoms with Gasteiger partial charge in [0.1, 0.15) is 0 Å². The Morgan fingerprint density at radius 3 is 1.63 bits per heavy atom. The van der Waals surface area contributed by atoms with Crippen molar-refractivity contribution < 1.29 is 43.8 Å². The van der Waals surface area contributed by atoms with Crippen LogP contribution < -0.4 is 0 Å². The fraction of sp³-hybridized carbons (Fsp3) is 1.00. The quantitative estimate of drug-likeness (QED) is 0.291. The van der Waals surface area contributed by atoms with Crippen molar-refractivity contribution >= 4 is 7.82 Å². The normalized spacial score (nSPS) is 12.1. The fourth-order valence-electron chi connectivity index (χ4n) is 1.57. The molecule has 5 nitrogen and oxygen atoms in total. The molecule has 0 heterocycles. The topological polar surface area (TPSA) is 98.0 Å². The Bertz CT molecular complexity index is 202. The largest absolute Gasteiger partial charge is 0.466 e. The SMILES string of the molecule is CCCCCCCC(O)CCCC.O=P(O)(O)O.[Zn]. The van der Waals surface area contributed by atoms with Crippen LogP contribution in [-0.4, -0.2) is 25.9 Å². The maximum Gasteiger partial charge on any atom is 0.466 e. The molecule has 0 amide bonds. The summed E-state index contributed by atoms with van der Waals surface area (Å²) in [5.74, 6) is 0. The smallest absolute Gasteiger partial charge is 0.393 e. The number of rotatable bonds is 9. The monoisotopic (exact) mass is 348 g/mol. The van der Waals surface area contributed by atoms with Gasteiger partial charge in [-0.3, -0.25) is 0 Å². The van der Waals surface area contributed by atoms with Crippen LogP contribution in [0.4, 0.5) is 0 Å². The van der Waals surface area contributed by atoms with Crippen molar-refractivity contribution in [3.05, 3.63) is 0 Å². The van der Waals surface area contributed by atoms with Crippen LogP contribution in [0, 0.1) is 0 Å². The molecule has 0 aliphatic heterocycles. The van der Waals surface area contributed by atoms with Gasteiger partial charge in [-0.1, -0.05) is 58.8 Å². The zero-order valence-corrected chi connectivity index (χ0v) is 16.2. The number of phosphoric acid groups is 1. The summed E-state index contributed by atoms with van der Waals surface area (Å²) in [4.78, 5) is 21.6. The van der Waals surface area contributed by atoms with Gasteiger partial charge >= 0.3 is 7.82 Å². The van der Waals surface area contributed by atoms with Gasteiger partial charge in [0.15, 0.2) is 0 Å². The summed E-state index contributed by atoms with van der Waals surface area (Å²) in [6.07, 6.45) is 10.9. The van der Waals surface area contributed by atoms with Gasteiger partial charge in [-0.25, -0.2) is 4.57 Å². The van der Waals surface area contributed by atoms with E-state index in [1.54, 1.807) is 0 Å². The van der Waals surface area contributed by atoms with Gasteiger partial charge in [0.25, 0.3) is 0 Å². The van der Waals surface area contributed by atoms with E-state index in [4.69, 9.17) is 19.2 Å². The average molecular weight is 350 g/mol. The van der Waals surface area contributed by atoms with Crippen LogP contribution in [0.3, 0.4) is 0 Å². The van der Waals surface area contributed by atoms with Crippen LogP contribution in [-0.2, 0) is 24.0 Å². The van der Waals surface area contributed by atoms with E-state index in [1.807, 2.05) is 0 Å². The predicted octanol–water partition coefficient (Wildman–Crippen LogP) is 2.97. The van der Waals surface area contributed by atoms with Gasteiger partial charge in [-0.2, -0.15) is 0 Å².